The van der Waals surface area contributed by atoms with E-state index < -0.39 is 33.9 Å². The fraction of sp³-hybridized carbons (Fsp3) is 0.222. The molecule has 0 aliphatic carbocycles. The first-order valence-electron chi connectivity index (χ1n) is 7.75. The van der Waals surface area contributed by atoms with Crippen molar-refractivity contribution in [1.29, 1.82) is 0 Å². The molecule has 0 aromatic heterocycles. The van der Waals surface area contributed by atoms with E-state index in [0.717, 1.165) is 5.56 Å². The first kappa shape index (κ1) is 20.1. The second kappa shape index (κ2) is 8.93. The Morgan fingerprint density at radius 2 is 1.69 bits per heavy atom. The molecule has 2 aromatic carbocycles. The van der Waals surface area contributed by atoms with E-state index in [9.17, 15) is 18.0 Å². The SMILES string of the molecule is Cc1ccc(S(=O)(=O)N[C@@H](Cc2ccccc2)C(=O)OC(=O)CCl)cc1. The Morgan fingerprint density at radius 3 is 2.27 bits per heavy atom. The zero-order valence-electron chi connectivity index (χ0n) is 14.0. The number of halogens is 1. The number of carbonyl (C=O) groups excluding carboxylic acids is 2. The van der Waals surface area contributed by atoms with E-state index in [-0.39, 0.29) is 11.3 Å². The van der Waals surface area contributed by atoms with E-state index in [2.05, 4.69) is 9.46 Å². The van der Waals surface area contributed by atoms with E-state index in [0.29, 0.717) is 5.56 Å². The third kappa shape index (κ3) is 5.66. The number of esters is 2. The minimum Gasteiger partial charge on any atom is -0.391 e. The Hall–Kier alpha value is -2.22. The van der Waals surface area contributed by atoms with Gasteiger partial charge in [-0.05, 0) is 31.0 Å². The number of alkyl halides is 1. The smallest absolute Gasteiger partial charge is 0.332 e. The summed E-state index contributed by atoms with van der Waals surface area (Å²) in [5.74, 6) is -2.45. The zero-order valence-corrected chi connectivity index (χ0v) is 15.6. The Bertz CT molecular complexity index is 866. The van der Waals surface area contributed by atoms with Crippen LogP contribution in [0.5, 0.6) is 0 Å². The van der Waals surface area contributed by atoms with Gasteiger partial charge in [-0.2, -0.15) is 4.72 Å². The van der Waals surface area contributed by atoms with Gasteiger partial charge in [-0.15, -0.1) is 11.6 Å². The van der Waals surface area contributed by atoms with Crippen LogP contribution in [0.1, 0.15) is 11.1 Å². The van der Waals surface area contributed by atoms with Crippen LogP contribution in [0, 0.1) is 6.92 Å². The van der Waals surface area contributed by atoms with Gasteiger partial charge < -0.3 is 4.74 Å². The van der Waals surface area contributed by atoms with Gasteiger partial charge in [-0.1, -0.05) is 48.0 Å². The molecule has 0 aliphatic rings. The molecule has 1 N–H and O–H groups in total. The van der Waals surface area contributed by atoms with E-state index in [1.807, 2.05) is 6.92 Å². The molecule has 0 unspecified atom stereocenters. The molecule has 0 radical (unpaired) electrons. The molecule has 2 rings (SSSR count). The number of carbonyl (C=O) groups is 2. The van der Waals surface area contributed by atoms with Crippen molar-refractivity contribution < 1.29 is 22.7 Å². The number of sulfonamides is 1. The van der Waals surface area contributed by atoms with Crippen molar-refractivity contribution >= 4 is 33.6 Å². The lowest BCUT2D eigenvalue weighted by atomic mass is 10.1. The minimum atomic E-state index is -3.98. The Balaban J connectivity index is 2.26. The maximum atomic E-state index is 12.6. The zero-order chi connectivity index (χ0) is 19.2. The molecule has 0 spiro atoms. The van der Waals surface area contributed by atoms with Crippen LogP contribution in [0.4, 0.5) is 0 Å². The summed E-state index contributed by atoms with van der Waals surface area (Å²) in [5, 5.41) is 0. The van der Waals surface area contributed by atoms with Gasteiger partial charge in [0.1, 0.15) is 11.9 Å². The van der Waals surface area contributed by atoms with Crippen LogP contribution in [-0.4, -0.2) is 32.3 Å². The van der Waals surface area contributed by atoms with Gasteiger partial charge in [-0.25, -0.2) is 13.2 Å². The molecule has 26 heavy (non-hydrogen) atoms. The molecule has 0 saturated carbocycles. The largest absolute Gasteiger partial charge is 0.391 e. The van der Waals surface area contributed by atoms with Crippen LogP contribution >= 0.6 is 11.6 Å². The molecule has 0 fully saturated rings. The van der Waals surface area contributed by atoms with Crippen LogP contribution < -0.4 is 4.72 Å². The maximum absolute atomic E-state index is 12.6. The van der Waals surface area contributed by atoms with Crippen molar-refractivity contribution in [2.45, 2.75) is 24.3 Å². The fourth-order valence-electron chi connectivity index (χ4n) is 2.21. The van der Waals surface area contributed by atoms with Crippen molar-refractivity contribution in [3.8, 4) is 0 Å². The number of aryl methyl sites for hydroxylation is 1. The Kier molecular flexibility index (Phi) is 6.90. The second-order valence-corrected chi connectivity index (χ2v) is 7.58. The highest BCUT2D eigenvalue weighted by molar-refractivity contribution is 7.89. The molecule has 0 aliphatic heterocycles. The van der Waals surface area contributed by atoms with Crippen LogP contribution in [0.3, 0.4) is 0 Å². The lowest BCUT2D eigenvalue weighted by Crippen LogP contribution is -2.44. The monoisotopic (exact) mass is 395 g/mol. The third-order valence-electron chi connectivity index (χ3n) is 3.52. The molecule has 0 bridgehead atoms. The van der Waals surface area contributed by atoms with Crippen LogP contribution in [-0.2, 0) is 30.8 Å². The summed E-state index contributed by atoms with van der Waals surface area (Å²) in [6.45, 7) is 1.83. The van der Waals surface area contributed by atoms with Crippen molar-refractivity contribution in [3.05, 3.63) is 65.7 Å². The highest BCUT2D eigenvalue weighted by atomic mass is 35.5. The van der Waals surface area contributed by atoms with Crippen molar-refractivity contribution in [1.82, 2.24) is 4.72 Å². The van der Waals surface area contributed by atoms with Gasteiger partial charge in [0, 0.05) is 0 Å². The van der Waals surface area contributed by atoms with Crippen LogP contribution in [0.15, 0.2) is 59.5 Å². The van der Waals surface area contributed by atoms with Crippen molar-refractivity contribution in [2.75, 3.05) is 5.88 Å². The first-order valence-corrected chi connectivity index (χ1v) is 9.77. The van der Waals surface area contributed by atoms with Gasteiger partial charge in [0.15, 0.2) is 0 Å². The summed E-state index contributed by atoms with van der Waals surface area (Å²) in [4.78, 5) is 23.6. The molecule has 0 saturated heterocycles. The molecule has 0 amide bonds. The molecule has 0 heterocycles. The molecule has 2 aromatic rings. The van der Waals surface area contributed by atoms with Gasteiger partial charge >= 0.3 is 11.9 Å². The first-order chi connectivity index (χ1) is 12.3. The molecular formula is C18H18ClNO5S. The summed E-state index contributed by atoms with van der Waals surface area (Å²) in [5.41, 5.74) is 1.61. The summed E-state index contributed by atoms with van der Waals surface area (Å²) < 4.78 is 32.1. The summed E-state index contributed by atoms with van der Waals surface area (Å²) in [6.07, 6.45) is 0.0281. The van der Waals surface area contributed by atoms with Crippen LogP contribution in [0.25, 0.3) is 0 Å². The molecule has 1 atom stereocenters. The number of benzene rings is 2. The molecule has 8 heteroatoms. The molecule has 6 nitrogen and oxygen atoms in total. The highest BCUT2D eigenvalue weighted by Gasteiger charge is 2.28. The predicted octanol–water partition coefficient (Wildman–Crippen LogP) is 2.19. The average Bonchev–Trinajstić information content (AvgIpc) is 2.62. The third-order valence-corrected chi connectivity index (χ3v) is 5.23. The second-order valence-electron chi connectivity index (χ2n) is 5.60. The maximum Gasteiger partial charge on any atom is 0.332 e. The normalized spacial score (nSPS) is 12.4. The highest BCUT2D eigenvalue weighted by Crippen LogP contribution is 2.13. The number of hydrogen-bond donors (Lipinski definition) is 1. The van der Waals surface area contributed by atoms with E-state index >= 15 is 0 Å². The van der Waals surface area contributed by atoms with E-state index in [4.69, 9.17) is 11.6 Å². The lowest BCUT2D eigenvalue weighted by Gasteiger charge is -2.17. The number of hydrogen-bond acceptors (Lipinski definition) is 5. The lowest BCUT2D eigenvalue weighted by molar-refractivity contribution is -0.159. The predicted molar refractivity (Wildman–Crippen MR) is 97.3 cm³/mol. The quantitative estimate of drug-likeness (QED) is 0.441. The van der Waals surface area contributed by atoms with Gasteiger partial charge in [0.2, 0.25) is 10.0 Å². The number of nitrogens with one attached hydrogen (secondary N) is 1. The van der Waals surface area contributed by atoms with Gasteiger partial charge in [0.05, 0.1) is 4.90 Å². The van der Waals surface area contributed by atoms with E-state index in [1.54, 1.807) is 42.5 Å². The molecular weight excluding hydrogens is 378 g/mol. The number of rotatable bonds is 7. The minimum absolute atomic E-state index is 0.0117. The number of ether oxygens (including phenoxy) is 1. The topological polar surface area (TPSA) is 89.5 Å². The molecule has 138 valence electrons. The van der Waals surface area contributed by atoms with Crippen molar-refractivity contribution in [3.63, 3.8) is 0 Å². The van der Waals surface area contributed by atoms with Gasteiger partial charge in [-0.3, -0.25) is 4.79 Å². The Labute approximate surface area is 157 Å². The standard InChI is InChI=1S/C18H18ClNO5S/c1-13-7-9-15(10-8-13)26(23,24)20-16(18(22)25-17(21)12-19)11-14-5-3-2-4-6-14/h2-10,16,20H,11-12H2,1H3/t16-/m0/s1. The Morgan fingerprint density at radius 1 is 1.08 bits per heavy atom. The summed E-state index contributed by atoms with van der Waals surface area (Å²) >= 11 is 5.34. The van der Waals surface area contributed by atoms with Crippen molar-refractivity contribution in [2.24, 2.45) is 0 Å². The van der Waals surface area contributed by atoms with Crippen LogP contribution in [0.2, 0.25) is 0 Å². The summed E-state index contributed by atoms with van der Waals surface area (Å²) in [6, 6.07) is 13.7. The fourth-order valence-corrected chi connectivity index (χ4v) is 3.45. The van der Waals surface area contributed by atoms with Gasteiger partial charge in [0.25, 0.3) is 0 Å². The summed E-state index contributed by atoms with van der Waals surface area (Å²) in [7, 11) is -3.98. The average molecular weight is 396 g/mol. The van der Waals surface area contributed by atoms with E-state index in [1.165, 1.54) is 12.1 Å².